The average Bonchev–Trinajstić information content (AvgIpc) is 2.77. The molecule has 0 bridgehead atoms. The van der Waals surface area contributed by atoms with Crippen molar-refractivity contribution < 1.29 is 14.6 Å². The molecule has 0 saturated carbocycles. The molecule has 2 unspecified atom stereocenters. The van der Waals surface area contributed by atoms with Gasteiger partial charge >= 0.3 is 5.97 Å². The molecule has 0 saturated heterocycles. The van der Waals surface area contributed by atoms with Crippen LogP contribution in [0, 0.1) is 0 Å². The molecule has 0 aliphatic heterocycles. The molecular formula is C13H19NO3S. The van der Waals surface area contributed by atoms with Gasteiger partial charge < -0.3 is 15.2 Å². The van der Waals surface area contributed by atoms with Crippen LogP contribution in [0.5, 0.6) is 0 Å². The first-order valence-electron chi connectivity index (χ1n) is 6.20. The van der Waals surface area contributed by atoms with E-state index in [1.165, 1.54) is 10.4 Å². The standard InChI is InChI=1S/C13H19NO3S/c1-14-10(13(15)16)7-8-6-9-11(17-2)4-3-5-12(9)18-8/h6,10-11,14H,3-5,7H2,1-2H3,(H,15,16). The van der Waals surface area contributed by atoms with E-state index < -0.39 is 12.0 Å². The number of hydrogen-bond donors (Lipinski definition) is 2. The van der Waals surface area contributed by atoms with Crippen LogP contribution in [-0.2, 0) is 22.4 Å². The molecule has 2 N–H and O–H groups in total. The zero-order chi connectivity index (χ0) is 13.1. The number of ether oxygens (including phenoxy) is 1. The largest absolute Gasteiger partial charge is 0.480 e. The van der Waals surface area contributed by atoms with Crippen molar-refractivity contribution in [3.63, 3.8) is 0 Å². The second kappa shape index (κ2) is 5.82. The third-order valence-corrected chi connectivity index (χ3v) is 4.68. The van der Waals surface area contributed by atoms with E-state index in [2.05, 4.69) is 11.4 Å². The lowest BCUT2D eigenvalue weighted by Gasteiger charge is -2.20. The van der Waals surface area contributed by atoms with Crippen molar-refractivity contribution in [1.29, 1.82) is 0 Å². The summed E-state index contributed by atoms with van der Waals surface area (Å²) in [5, 5.41) is 11.9. The molecule has 1 aliphatic rings. The number of aliphatic carboxylic acids is 1. The summed E-state index contributed by atoms with van der Waals surface area (Å²) in [6.07, 6.45) is 4.04. The fourth-order valence-corrected chi connectivity index (χ4v) is 3.74. The summed E-state index contributed by atoms with van der Waals surface area (Å²) in [6.45, 7) is 0. The Bertz CT molecular complexity index is 430. The minimum Gasteiger partial charge on any atom is -0.480 e. The van der Waals surface area contributed by atoms with E-state index in [9.17, 15) is 4.79 Å². The van der Waals surface area contributed by atoms with E-state index in [1.807, 2.05) is 0 Å². The highest BCUT2D eigenvalue weighted by molar-refractivity contribution is 7.12. The number of fused-ring (bicyclic) bond motifs is 1. The first-order chi connectivity index (χ1) is 8.65. The topological polar surface area (TPSA) is 58.6 Å². The van der Waals surface area contributed by atoms with Gasteiger partial charge in [-0.1, -0.05) is 0 Å². The number of methoxy groups -OCH3 is 1. The number of hydrogen-bond acceptors (Lipinski definition) is 4. The lowest BCUT2D eigenvalue weighted by Crippen LogP contribution is -2.35. The van der Waals surface area contributed by atoms with Crippen LogP contribution in [0.2, 0.25) is 0 Å². The van der Waals surface area contributed by atoms with Crippen LogP contribution in [0.25, 0.3) is 0 Å². The Hall–Kier alpha value is -0.910. The fourth-order valence-electron chi connectivity index (χ4n) is 2.43. The third-order valence-electron chi connectivity index (χ3n) is 3.45. The summed E-state index contributed by atoms with van der Waals surface area (Å²) in [5.74, 6) is -0.799. The Kier molecular flexibility index (Phi) is 4.37. The van der Waals surface area contributed by atoms with Crippen molar-refractivity contribution in [3.8, 4) is 0 Å². The highest BCUT2D eigenvalue weighted by Gasteiger charge is 2.24. The predicted molar refractivity (Wildman–Crippen MR) is 71.2 cm³/mol. The van der Waals surface area contributed by atoms with Crippen molar-refractivity contribution >= 4 is 17.3 Å². The summed E-state index contributed by atoms with van der Waals surface area (Å²) >= 11 is 1.73. The number of aryl methyl sites for hydroxylation is 1. The molecule has 0 amide bonds. The van der Waals surface area contributed by atoms with Crippen molar-refractivity contribution in [3.05, 3.63) is 21.4 Å². The number of likely N-dealkylation sites (N-methyl/N-ethyl adjacent to an activating group) is 1. The van der Waals surface area contributed by atoms with Gasteiger partial charge in [0.05, 0.1) is 6.10 Å². The van der Waals surface area contributed by atoms with Crippen molar-refractivity contribution in [2.24, 2.45) is 0 Å². The van der Waals surface area contributed by atoms with Gasteiger partial charge in [-0.2, -0.15) is 0 Å². The number of carboxylic acids is 1. The van der Waals surface area contributed by atoms with Crippen LogP contribution in [0.3, 0.4) is 0 Å². The molecule has 5 heteroatoms. The van der Waals surface area contributed by atoms with Crippen LogP contribution >= 0.6 is 11.3 Å². The molecule has 0 aromatic carbocycles. The van der Waals surface area contributed by atoms with E-state index in [0.717, 1.165) is 24.1 Å². The van der Waals surface area contributed by atoms with Crippen molar-refractivity contribution in [2.45, 2.75) is 37.8 Å². The summed E-state index contributed by atoms with van der Waals surface area (Å²) < 4.78 is 5.48. The molecule has 18 heavy (non-hydrogen) atoms. The fraction of sp³-hybridized carbons (Fsp3) is 0.615. The van der Waals surface area contributed by atoms with Crippen LogP contribution in [0.4, 0.5) is 0 Å². The molecule has 0 spiro atoms. The van der Waals surface area contributed by atoms with E-state index in [-0.39, 0.29) is 6.10 Å². The number of carboxylic acid groups (broad SMARTS) is 1. The highest BCUT2D eigenvalue weighted by Crippen LogP contribution is 2.37. The minimum atomic E-state index is -0.799. The second-order valence-electron chi connectivity index (χ2n) is 4.59. The SMILES string of the molecule is CNC(Cc1cc2c(s1)CCCC2OC)C(=O)O. The van der Waals surface area contributed by atoms with Gasteiger partial charge in [0.15, 0.2) is 0 Å². The molecule has 1 aliphatic carbocycles. The van der Waals surface area contributed by atoms with Gasteiger partial charge in [0.2, 0.25) is 0 Å². The molecule has 2 rings (SSSR count). The van der Waals surface area contributed by atoms with Gasteiger partial charge in [0.1, 0.15) is 6.04 Å². The van der Waals surface area contributed by atoms with Crippen LogP contribution in [-0.4, -0.2) is 31.3 Å². The van der Waals surface area contributed by atoms with Gasteiger partial charge in [-0.05, 0) is 37.9 Å². The van der Waals surface area contributed by atoms with Crippen LogP contribution in [0.1, 0.15) is 34.3 Å². The summed E-state index contributed by atoms with van der Waals surface area (Å²) in [4.78, 5) is 13.5. The maximum Gasteiger partial charge on any atom is 0.321 e. The molecule has 1 aromatic rings. The third kappa shape index (κ3) is 2.74. The molecule has 0 radical (unpaired) electrons. The van der Waals surface area contributed by atoms with E-state index in [1.54, 1.807) is 25.5 Å². The number of carbonyl (C=O) groups is 1. The maximum atomic E-state index is 11.0. The number of thiophene rings is 1. The summed E-state index contributed by atoms with van der Waals surface area (Å²) in [5.41, 5.74) is 1.27. The molecule has 100 valence electrons. The monoisotopic (exact) mass is 269 g/mol. The lowest BCUT2D eigenvalue weighted by molar-refractivity contribution is -0.139. The predicted octanol–water partition coefficient (Wildman–Crippen LogP) is 1.99. The average molecular weight is 269 g/mol. The Morgan fingerprint density at radius 1 is 1.72 bits per heavy atom. The van der Waals surface area contributed by atoms with Gasteiger partial charge in [0, 0.05) is 23.3 Å². The van der Waals surface area contributed by atoms with Crippen molar-refractivity contribution in [2.75, 3.05) is 14.2 Å². The summed E-state index contributed by atoms with van der Waals surface area (Å²) in [7, 11) is 3.43. The van der Waals surface area contributed by atoms with Gasteiger partial charge in [-0.25, -0.2) is 0 Å². The smallest absolute Gasteiger partial charge is 0.321 e. The molecule has 0 fully saturated rings. The molecule has 1 heterocycles. The highest BCUT2D eigenvalue weighted by atomic mass is 32.1. The number of rotatable bonds is 5. The Balaban J connectivity index is 2.16. The number of nitrogens with one attached hydrogen (secondary N) is 1. The first kappa shape index (κ1) is 13.5. The van der Waals surface area contributed by atoms with Crippen molar-refractivity contribution in [1.82, 2.24) is 5.32 Å². The second-order valence-corrected chi connectivity index (χ2v) is 5.81. The first-order valence-corrected chi connectivity index (χ1v) is 7.01. The quantitative estimate of drug-likeness (QED) is 0.858. The van der Waals surface area contributed by atoms with Crippen LogP contribution in [0.15, 0.2) is 6.07 Å². The Morgan fingerprint density at radius 2 is 2.50 bits per heavy atom. The Labute approximate surface area is 111 Å². The zero-order valence-corrected chi connectivity index (χ0v) is 11.5. The molecule has 4 nitrogen and oxygen atoms in total. The minimum absolute atomic E-state index is 0.191. The van der Waals surface area contributed by atoms with Gasteiger partial charge in [-0.3, -0.25) is 4.79 Å². The van der Waals surface area contributed by atoms with Crippen LogP contribution < -0.4 is 5.32 Å². The van der Waals surface area contributed by atoms with E-state index >= 15 is 0 Å². The zero-order valence-electron chi connectivity index (χ0n) is 10.7. The van der Waals surface area contributed by atoms with Gasteiger partial charge in [-0.15, -0.1) is 11.3 Å². The molecule has 2 atom stereocenters. The lowest BCUT2D eigenvalue weighted by atomic mass is 9.95. The molecule has 1 aromatic heterocycles. The summed E-state index contributed by atoms with van der Waals surface area (Å²) in [6, 6.07) is 1.62. The normalized spacial score (nSPS) is 20.4. The Morgan fingerprint density at radius 3 is 3.11 bits per heavy atom. The van der Waals surface area contributed by atoms with E-state index in [4.69, 9.17) is 9.84 Å². The van der Waals surface area contributed by atoms with E-state index in [0.29, 0.717) is 6.42 Å². The molecular weight excluding hydrogens is 250 g/mol. The maximum absolute atomic E-state index is 11.0. The van der Waals surface area contributed by atoms with Gasteiger partial charge in [0.25, 0.3) is 0 Å².